The van der Waals surface area contributed by atoms with Crippen molar-refractivity contribution in [2.75, 3.05) is 26.3 Å². The summed E-state index contributed by atoms with van der Waals surface area (Å²) in [5.74, 6) is -6.32. The second-order valence-corrected chi connectivity index (χ2v) is 12.7. The fraction of sp³-hybridized carbons (Fsp3) is 0.472. The average molecular weight is 716 g/mol. The number of benzene rings is 1. The van der Waals surface area contributed by atoms with Gasteiger partial charge in [-0.1, -0.05) is 45.0 Å². The molecule has 276 valence electrons. The molecule has 1 aliphatic heterocycles. The molecule has 3 heterocycles. The van der Waals surface area contributed by atoms with Gasteiger partial charge in [0.1, 0.15) is 31.2 Å². The van der Waals surface area contributed by atoms with Crippen LogP contribution in [0.4, 0.5) is 17.6 Å². The van der Waals surface area contributed by atoms with Gasteiger partial charge >= 0.3 is 0 Å². The van der Waals surface area contributed by atoms with Crippen molar-refractivity contribution in [1.82, 2.24) is 30.9 Å². The highest BCUT2D eigenvalue weighted by atomic mass is 19.3. The number of carbonyl (C=O) groups excluding carboxylic acids is 2. The third-order valence-electron chi connectivity index (χ3n) is 8.37. The van der Waals surface area contributed by atoms with E-state index in [4.69, 9.17) is 9.47 Å². The summed E-state index contributed by atoms with van der Waals surface area (Å²) in [7, 11) is 0. The van der Waals surface area contributed by atoms with Crippen LogP contribution in [0.15, 0.2) is 60.0 Å². The summed E-state index contributed by atoms with van der Waals surface area (Å²) in [6.07, 6.45) is 2.30. The summed E-state index contributed by atoms with van der Waals surface area (Å²) in [4.78, 5) is 41.3. The molecule has 3 unspecified atom stereocenters. The number of nitrogens with one attached hydrogen (secondary N) is 4. The molecule has 2 aromatic heterocycles. The van der Waals surface area contributed by atoms with Crippen LogP contribution in [0.3, 0.4) is 0 Å². The van der Waals surface area contributed by atoms with Crippen molar-refractivity contribution in [2.24, 2.45) is 10.9 Å². The molecule has 0 spiro atoms. The molecule has 1 aromatic carbocycles. The van der Waals surface area contributed by atoms with E-state index >= 15 is 0 Å². The zero-order valence-electron chi connectivity index (χ0n) is 29.1. The highest BCUT2D eigenvalue weighted by Crippen LogP contribution is 2.29. The minimum atomic E-state index is -3.00. The van der Waals surface area contributed by atoms with E-state index in [1.807, 2.05) is 50.2 Å². The maximum Gasteiger partial charge on any atom is 0.271 e. The Kier molecular flexibility index (Phi) is 13.5. The van der Waals surface area contributed by atoms with E-state index in [0.29, 0.717) is 18.1 Å². The highest BCUT2D eigenvalue weighted by Gasteiger charge is 2.38. The molecule has 3 atom stereocenters. The van der Waals surface area contributed by atoms with Crippen molar-refractivity contribution >= 4 is 24.2 Å². The lowest BCUT2D eigenvalue weighted by Gasteiger charge is -2.27. The Morgan fingerprint density at radius 1 is 1.12 bits per heavy atom. The SMILES string of the molecule is C=N/C(=C\NCCNC(=O)C1CCC(F)(F)CO1)c1ccc(-c2ccc(-c3cnc(C(NC(=O)C(C)OCC(F)(F)CC)C(C)C)[nH]3)cc2)nc1. The molecular formula is C36H45F4N7O4. The van der Waals surface area contributed by atoms with Crippen LogP contribution in [-0.4, -0.2) is 83.8 Å². The Morgan fingerprint density at radius 3 is 2.45 bits per heavy atom. The summed E-state index contributed by atoms with van der Waals surface area (Å²) in [5, 5.41) is 8.60. The van der Waals surface area contributed by atoms with E-state index in [-0.39, 0.29) is 31.7 Å². The van der Waals surface area contributed by atoms with Gasteiger partial charge in [0, 0.05) is 49.5 Å². The third-order valence-corrected chi connectivity index (χ3v) is 8.37. The number of hydrogen-bond donors (Lipinski definition) is 4. The number of ether oxygens (including phenoxy) is 2. The maximum atomic E-state index is 13.6. The summed E-state index contributed by atoms with van der Waals surface area (Å²) in [6.45, 7) is 9.32. The number of amides is 2. The highest BCUT2D eigenvalue weighted by molar-refractivity contribution is 5.81. The minimum Gasteiger partial charge on any atom is -0.387 e. The molecule has 15 heteroatoms. The normalized spacial score (nSPS) is 17.4. The van der Waals surface area contributed by atoms with Gasteiger partial charge in [-0.2, -0.15) is 0 Å². The fourth-order valence-corrected chi connectivity index (χ4v) is 5.11. The first-order chi connectivity index (χ1) is 24.2. The lowest BCUT2D eigenvalue weighted by atomic mass is 10.0. The van der Waals surface area contributed by atoms with Crippen LogP contribution in [0.5, 0.6) is 0 Å². The molecule has 51 heavy (non-hydrogen) atoms. The fourth-order valence-electron chi connectivity index (χ4n) is 5.11. The monoisotopic (exact) mass is 715 g/mol. The molecule has 4 N–H and O–H groups in total. The molecule has 3 aromatic rings. The van der Waals surface area contributed by atoms with Crippen molar-refractivity contribution in [1.29, 1.82) is 0 Å². The van der Waals surface area contributed by atoms with Gasteiger partial charge in [0.05, 0.1) is 29.3 Å². The zero-order chi connectivity index (χ0) is 37.2. The van der Waals surface area contributed by atoms with E-state index < -0.39 is 55.1 Å². The van der Waals surface area contributed by atoms with Gasteiger partial charge in [-0.15, -0.1) is 0 Å². The molecule has 1 saturated heterocycles. The van der Waals surface area contributed by atoms with Crippen molar-refractivity contribution in [2.45, 2.75) is 77.1 Å². The molecule has 4 rings (SSSR count). The van der Waals surface area contributed by atoms with Crippen LogP contribution in [0, 0.1) is 5.92 Å². The number of pyridine rings is 1. The van der Waals surface area contributed by atoms with Crippen molar-refractivity contribution in [3.63, 3.8) is 0 Å². The van der Waals surface area contributed by atoms with Gasteiger partial charge in [0.15, 0.2) is 0 Å². The number of nitrogens with zero attached hydrogens (tertiary/aromatic N) is 3. The average Bonchev–Trinajstić information content (AvgIpc) is 3.61. The van der Waals surface area contributed by atoms with Gasteiger partial charge in [0.25, 0.3) is 11.8 Å². The van der Waals surface area contributed by atoms with Gasteiger partial charge in [-0.05, 0) is 43.7 Å². The second kappa shape index (κ2) is 17.5. The Labute approximate surface area is 294 Å². The lowest BCUT2D eigenvalue weighted by molar-refractivity contribution is -0.162. The Morgan fingerprint density at radius 2 is 1.84 bits per heavy atom. The number of imidazole rings is 1. The number of aliphatic imine (C=N–C) groups is 1. The molecule has 0 aliphatic carbocycles. The van der Waals surface area contributed by atoms with Crippen LogP contribution in [0.2, 0.25) is 0 Å². The predicted molar refractivity (Wildman–Crippen MR) is 186 cm³/mol. The largest absolute Gasteiger partial charge is 0.387 e. The third kappa shape index (κ3) is 11.2. The van der Waals surface area contributed by atoms with Gasteiger partial charge in [-0.25, -0.2) is 22.5 Å². The summed E-state index contributed by atoms with van der Waals surface area (Å²) < 4.78 is 63.8. The molecular weight excluding hydrogens is 670 g/mol. The van der Waals surface area contributed by atoms with Crippen LogP contribution < -0.4 is 16.0 Å². The molecule has 11 nitrogen and oxygen atoms in total. The van der Waals surface area contributed by atoms with Crippen LogP contribution in [0.25, 0.3) is 28.2 Å². The molecule has 0 radical (unpaired) electrons. The first kappa shape index (κ1) is 39.2. The second-order valence-electron chi connectivity index (χ2n) is 12.7. The standard InChI is InChI=1S/C36H45F4N7O4/c1-6-35(37,38)20-50-23(4)33(48)47-31(22(2)3)32-45-19-29(46-32)25-9-7-24(8-10-25)27-12-11-26(17-44-27)28(41-5)18-42-15-16-43-34(49)30-13-14-36(39,40)21-51-30/h7-12,17-19,22-23,30-31,42H,5-6,13-16,20-21H2,1-4H3,(H,43,49)(H,45,46)(H,47,48)/b28-18-. The minimum absolute atomic E-state index is 0.0248. The van der Waals surface area contributed by atoms with E-state index in [2.05, 4.69) is 42.6 Å². The van der Waals surface area contributed by atoms with Gasteiger partial charge < -0.3 is 30.4 Å². The number of halogens is 4. The van der Waals surface area contributed by atoms with Crippen LogP contribution in [-0.2, 0) is 19.1 Å². The number of H-pyrrole nitrogens is 1. The summed E-state index contributed by atoms with van der Waals surface area (Å²) in [5.41, 5.74) is 4.45. The van der Waals surface area contributed by atoms with Crippen molar-refractivity contribution in [3.8, 4) is 22.5 Å². The van der Waals surface area contributed by atoms with E-state index in [1.165, 1.54) is 13.8 Å². The Hall–Kier alpha value is -4.63. The molecule has 1 fully saturated rings. The summed E-state index contributed by atoms with van der Waals surface area (Å²) in [6, 6.07) is 10.9. The predicted octanol–water partition coefficient (Wildman–Crippen LogP) is 5.92. The lowest BCUT2D eigenvalue weighted by Crippen LogP contribution is -2.44. The number of aromatic nitrogens is 3. The zero-order valence-corrected chi connectivity index (χ0v) is 29.1. The first-order valence-electron chi connectivity index (χ1n) is 16.8. The van der Waals surface area contributed by atoms with Gasteiger partial charge in [-0.3, -0.25) is 19.6 Å². The van der Waals surface area contributed by atoms with E-state index in [0.717, 1.165) is 28.1 Å². The summed E-state index contributed by atoms with van der Waals surface area (Å²) >= 11 is 0. The smallest absolute Gasteiger partial charge is 0.271 e. The number of rotatable bonds is 17. The molecule has 1 aliphatic rings. The quantitative estimate of drug-likeness (QED) is 0.0772. The van der Waals surface area contributed by atoms with E-state index in [1.54, 1.807) is 18.6 Å². The Balaban J connectivity index is 1.30. The number of carbonyl (C=O) groups is 2. The molecule has 0 bridgehead atoms. The number of alkyl halides is 4. The molecule has 0 saturated carbocycles. The first-order valence-corrected chi connectivity index (χ1v) is 16.8. The number of aromatic amines is 1. The number of hydrogen-bond acceptors (Lipinski definition) is 8. The maximum absolute atomic E-state index is 13.6. The van der Waals surface area contributed by atoms with Crippen molar-refractivity contribution in [3.05, 3.63) is 66.4 Å². The topological polar surface area (TPSA) is 143 Å². The van der Waals surface area contributed by atoms with Crippen LogP contribution in [0.1, 0.15) is 64.4 Å². The van der Waals surface area contributed by atoms with Crippen LogP contribution >= 0.6 is 0 Å². The van der Waals surface area contributed by atoms with Gasteiger partial charge in [0.2, 0.25) is 11.8 Å². The van der Waals surface area contributed by atoms with E-state index in [9.17, 15) is 27.2 Å². The Bertz CT molecular complexity index is 1640. The van der Waals surface area contributed by atoms with Crippen molar-refractivity contribution < 1.29 is 36.6 Å². The molecule has 2 amide bonds.